The molecular weight excluding hydrogens is 256 g/mol. The number of piperidine rings is 1. The molecule has 2 aliphatic rings. The standard InChI is InChI=1S/C15H26N2O3/c1-20-14(18)7-5-9-16-8-4-6-13(12-16)15(19)17-10-2-3-11-17/h13H,2-12H2,1H3. The number of hydrogen-bond acceptors (Lipinski definition) is 4. The van der Waals surface area contributed by atoms with Gasteiger partial charge in [0.25, 0.3) is 0 Å². The minimum atomic E-state index is -0.147. The van der Waals surface area contributed by atoms with Crippen molar-refractivity contribution < 1.29 is 14.3 Å². The third-order valence-electron chi connectivity index (χ3n) is 4.36. The Morgan fingerprint density at radius 2 is 1.90 bits per heavy atom. The van der Waals surface area contributed by atoms with Crippen LogP contribution in [0.25, 0.3) is 0 Å². The Morgan fingerprint density at radius 3 is 2.60 bits per heavy atom. The van der Waals surface area contributed by atoms with Gasteiger partial charge in [0.1, 0.15) is 0 Å². The number of hydrogen-bond donors (Lipinski definition) is 0. The predicted octanol–water partition coefficient (Wildman–Crippen LogP) is 1.27. The Bertz CT molecular complexity index is 340. The van der Waals surface area contributed by atoms with E-state index in [1.54, 1.807) is 0 Å². The van der Waals surface area contributed by atoms with E-state index in [0.29, 0.717) is 12.3 Å². The zero-order chi connectivity index (χ0) is 14.4. The third kappa shape index (κ3) is 4.20. The van der Waals surface area contributed by atoms with E-state index in [1.165, 1.54) is 7.11 Å². The second-order valence-corrected chi connectivity index (χ2v) is 5.85. The van der Waals surface area contributed by atoms with Crippen molar-refractivity contribution >= 4 is 11.9 Å². The van der Waals surface area contributed by atoms with Gasteiger partial charge in [0.2, 0.25) is 5.91 Å². The van der Waals surface area contributed by atoms with Crippen LogP contribution in [0, 0.1) is 5.92 Å². The van der Waals surface area contributed by atoms with Crippen molar-refractivity contribution in [1.82, 2.24) is 9.80 Å². The smallest absolute Gasteiger partial charge is 0.305 e. The van der Waals surface area contributed by atoms with E-state index in [4.69, 9.17) is 0 Å². The van der Waals surface area contributed by atoms with Crippen LogP contribution in [0.1, 0.15) is 38.5 Å². The van der Waals surface area contributed by atoms with Crippen LogP contribution in [0.4, 0.5) is 0 Å². The first kappa shape index (κ1) is 15.3. The lowest BCUT2D eigenvalue weighted by molar-refractivity contribution is -0.141. The summed E-state index contributed by atoms with van der Waals surface area (Å²) in [6.45, 7) is 4.68. The van der Waals surface area contributed by atoms with Gasteiger partial charge in [-0.1, -0.05) is 0 Å². The summed E-state index contributed by atoms with van der Waals surface area (Å²) in [7, 11) is 1.42. The fourth-order valence-corrected chi connectivity index (χ4v) is 3.20. The minimum absolute atomic E-state index is 0.147. The van der Waals surface area contributed by atoms with Crippen molar-refractivity contribution in [2.45, 2.75) is 38.5 Å². The SMILES string of the molecule is COC(=O)CCCN1CCCC(C(=O)N2CCCC2)C1. The van der Waals surface area contributed by atoms with Crippen molar-refractivity contribution in [1.29, 1.82) is 0 Å². The van der Waals surface area contributed by atoms with Gasteiger partial charge >= 0.3 is 5.97 Å². The predicted molar refractivity (Wildman–Crippen MR) is 76.2 cm³/mol. The zero-order valence-corrected chi connectivity index (χ0v) is 12.5. The molecule has 2 heterocycles. The molecule has 0 aliphatic carbocycles. The van der Waals surface area contributed by atoms with E-state index >= 15 is 0 Å². The van der Waals surface area contributed by atoms with Gasteiger partial charge in [0.15, 0.2) is 0 Å². The molecule has 0 aromatic carbocycles. The molecule has 2 fully saturated rings. The van der Waals surface area contributed by atoms with Crippen molar-refractivity contribution in [2.24, 2.45) is 5.92 Å². The highest BCUT2D eigenvalue weighted by Gasteiger charge is 2.30. The van der Waals surface area contributed by atoms with Crippen molar-refractivity contribution in [3.63, 3.8) is 0 Å². The van der Waals surface area contributed by atoms with E-state index in [1.807, 2.05) is 4.90 Å². The molecule has 5 nitrogen and oxygen atoms in total. The summed E-state index contributed by atoms with van der Waals surface area (Å²) in [6.07, 6.45) is 5.70. The van der Waals surface area contributed by atoms with Crippen LogP contribution < -0.4 is 0 Å². The highest BCUT2D eigenvalue weighted by Crippen LogP contribution is 2.21. The molecule has 0 aromatic rings. The first-order valence-electron chi connectivity index (χ1n) is 7.78. The Morgan fingerprint density at radius 1 is 1.15 bits per heavy atom. The second-order valence-electron chi connectivity index (χ2n) is 5.85. The highest BCUT2D eigenvalue weighted by atomic mass is 16.5. The van der Waals surface area contributed by atoms with E-state index in [9.17, 15) is 9.59 Å². The number of ether oxygens (including phenoxy) is 1. The minimum Gasteiger partial charge on any atom is -0.469 e. The molecule has 0 bridgehead atoms. The van der Waals surface area contributed by atoms with Crippen LogP contribution >= 0.6 is 0 Å². The molecule has 0 radical (unpaired) electrons. The Balaban J connectivity index is 1.73. The lowest BCUT2D eigenvalue weighted by Crippen LogP contribution is -2.44. The molecule has 20 heavy (non-hydrogen) atoms. The van der Waals surface area contributed by atoms with Crippen LogP contribution in [0.2, 0.25) is 0 Å². The lowest BCUT2D eigenvalue weighted by Gasteiger charge is -2.33. The number of amides is 1. The van der Waals surface area contributed by atoms with Gasteiger partial charge in [-0.05, 0) is 45.2 Å². The Hall–Kier alpha value is -1.10. The number of carbonyl (C=O) groups is 2. The molecule has 0 aromatic heterocycles. The van der Waals surface area contributed by atoms with Crippen LogP contribution in [-0.4, -0.2) is 61.5 Å². The summed E-state index contributed by atoms with van der Waals surface area (Å²) in [6, 6.07) is 0. The fraction of sp³-hybridized carbons (Fsp3) is 0.867. The monoisotopic (exact) mass is 282 g/mol. The molecule has 0 spiro atoms. The first-order valence-corrected chi connectivity index (χ1v) is 7.78. The molecule has 2 aliphatic heterocycles. The third-order valence-corrected chi connectivity index (χ3v) is 4.36. The number of esters is 1. The average Bonchev–Trinajstić information content (AvgIpc) is 3.01. The second kappa shape index (κ2) is 7.62. The maximum Gasteiger partial charge on any atom is 0.305 e. The summed E-state index contributed by atoms with van der Waals surface area (Å²) >= 11 is 0. The van der Waals surface area contributed by atoms with E-state index in [2.05, 4.69) is 9.64 Å². The number of methoxy groups -OCH3 is 1. The largest absolute Gasteiger partial charge is 0.469 e. The van der Waals surface area contributed by atoms with Gasteiger partial charge in [-0.15, -0.1) is 0 Å². The number of nitrogens with zero attached hydrogens (tertiary/aromatic N) is 2. The summed E-state index contributed by atoms with van der Waals surface area (Å²) in [5.41, 5.74) is 0. The molecule has 1 amide bonds. The van der Waals surface area contributed by atoms with Crippen molar-refractivity contribution in [2.75, 3.05) is 39.8 Å². The quantitative estimate of drug-likeness (QED) is 0.713. The molecule has 114 valence electrons. The number of carbonyl (C=O) groups excluding carboxylic acids is 2. The Kier molecular flexibility index (Phi) is 5.83. The Labute approximate surface area is 121 Å². The lowest BCUT2D eigenvalue weighted by atomic mass is 9.96. The normalized spacial score (nSPS) is 23.9. The van der Waals surface area contributed by atoms with E-state index in [0.717, 1.165) is 64.8 Å². The van der Waals surface area contributed by atoms with Gasteiger partial charge in [-0.3, -0.25) is 9.59 Å². The fourth-order valence-electron chi connectivity index (χ4n) is 3.20. The molecule has 0 saturated carbocycles. The number of likely N-dealkylation sites (tertiary alicyclic amines) is 2. The molecule has 1 unspecified atom stereocenters. The van der Waals surface area contributed by atoms with Crippen LogP contribution in [0.5, 0.6) is 0 Å². The molecule has 2 saturated heterocycles. The molecule has 1 atom stereocenters. The summed E-state index contributed by atoms with van der Waals surface area (Å²) in [4.78, 5) is 27.9. The summed E-state index contributed by atoms with van der Waals surface area (Å²) in [5.74, 6) is 0.367. The highest BCUT2D eigenvalue weighted by molar-refractivity contribution is 5.79. The maximum absolute atomic E-state index is 12.4. The van der Waals surface area contributed by atoms with Crippen molar-refractivity contribution in [3.05, 3.63) is 0 Å². The van der Waals surface area contributed by atoms with E-state index in [-0.39, 0.29) is 11.9 Å². The van der Waals surface area contributed by atoms with Gasteiger partial charge in [-0.25, -0.2) is 0 Å². The molecule has 2 rings (SSSR count). The molecule has 5 heteroatoms. The van der Waals surface area contributed by atoms with Crippen LogP contribution in [0.3, 0.4) is 0 Å². The molecular formula is C15H26N2O3. The van der Waals surface area contributed by atoms with Crippen LogP contribution in [-0.2, 0) is 14.3 Å². The topological polar surface area (TPSA) is 49.9 Å². The summed E-state index contributed by atoms with van der Waals surface area (Å²) in [5, 5.41) is 0. The maximum atomic E-state index is 12.4. The number of rotatable bonds is 5. The van der Waals surface area contributed by atoms with E-state index < -0.39 is 0 Å². The van der Waals surface area contributed by atoms with Crippen molar-refractivity contribution in [3.8, 4) is 0 Å². The van der Waals surface area contributed by atoms with Gasteiger partial charge in [0, 0.05) is 26.1 Å². The average molecular weight is 282 g/mol. The van der Waals surface area contributed by atoms with Gasteiger partial charge in [0.05, 0.1) is 13.0 Å². The molecule has 0 N–H and O–H groups in total. The van der Waals surface area contributed by atoms with Gasteiger partial charge in [-0.2, -0.15) is 0 Å². The van der Waals surface area contributed by atoms with Gasteiger partial charge < -0.3 is 14.5 Å². The first-order chi connectivity index (χ1) is 9.70. The van der Waals surface area contributed by atoms with Crippen LogP contribution in [0.15, 0.2) is 0 Å². The zero-order valence-electron chi connectivity index (χ0n) is 12.5. The summed E-state index contributed by atoms with van der Waals surface area (Å²) < 4.78 is 4.65.